The monoisotopic (exact) mass is 290 g/mol. The molecule has 1 heterocycles. The van der Waals surface area contributed by atoms with Crippen molar-refractivity contribution in [2.24, 2.45) is 0 Å². The molecule has 0 bridgehead atoms. The molecule has 0 radical (unpaired) electrons. The van der Waals surface area contributed by atoms with Gasteiger partial charge in [-0.25, -0.2) is 0 Å². The van der Waals surface area contributed by atoms with E-state index in [4.69, 9.17) is 0 Å². The highest BCUT2D eigenvalue weighted by atomic mass is 19.4. The van der Waals surface area contributed by atoms with Gasteiger partial charge >= 0.3 is 6.18 Å². The molecular formula is C15H25F3N2. The Kier molecular flexibility index (Phi) is 3.78. The first-order valence-corrected chi connectivity index (χ1v) is 8.00. The zero-order valence-electron chi connectivity index (χ0n) is 12.1. The molecule has 0 unspecified atom stereocenters. The second-order valence-electron chi connectivity index (χ2n) is 7.10. The van der Waals surface area contributed by atoms with Crippen molar-refractivity contribution >= 4 is 0 Å². The Morgan fingerprint density at radius 3 is 2.10 bits per heavy atom. The average Bonchev–Trinajstić information content (AvgIpc) is 2.84. The average molecular weight is 290 g/mol. The van der Waals surface area contributed by atoms with Gasteiger partial charge in [0.05, 0.1) is 6.54 Å². The summed E-state index contributed by atoms with van der Waals surface area (Å²) >= 11 is 0. The fraction of sp³-hybridized carbons (Fsp3) is 1.00. The summed E-state index contributed by atoms with van der Waals surface area (Å²) in [4.78, 5) is 1.79. The Labute approximate surface area is 119 Å². The van der Waals surface area contributed by atoms with Gasteiger partial charge in [-0.2, -0.15) is 13.2 Å². The van der Waals surface area contributed by atoms with Gasteiger partial charge in [0.1, 0.15) is 0 Å². The minimum absolute atomic E-state index is 0.0443. The number of hydrogen-bond acceptors (Lipinski definition) is 2. The third-order valence-corrected chi connectivity index (χ3v) is 5.67. The molecule has 2 nitrogen and oxygen atoms in total. The standard InChI is InChI=1S/C15H25F3N2/c16-15(17,18)12-20-11-13(6-2-1-3-7-13)19-10-14(20)8-4-5-9-14/h19H,1-12H2. The minimum atomic E-state index is -4.08. The third kappa shape index (κ3) is 2.84. The summed E-state index contributed by atoms with van der Waals surface area (Å²) in [7, 11) is 0. The van der Waals surface area contributed by atoms with Crippen LogP contribution in [0.25, 0.3) is 0 Å². The fourth-order valence-corrected chi connectivity index (χ4v) is 4.58. The van der Waals surface area contributed by atoms with Crippen LogP contribution in [0.1, 0.15) is 57.8 Å². The van der Waals surface area contributed by atoms with Crippen LogP contribution in [0.15, 0.2) is 0 Å². The molecule has 0 aromatic carbocycles. The maximum Gasteiger partial charge on any atom is 0.401 e. The quantitative estimate of drug-likeness (QED) is 0.795. The van der Waals surface area contributed by atoms with E-state index in [0.29, 0.717) is 6.54 Å². The molecule has 5 heteroatoms. The Hall–Kier alpha value is -0.290. The summed E-state index contributed by atoms with van der Waals surface area (Å²) in [5.74, 6) is 0. The van der Waals surface area contributed by atoms with Crippen molar-refractivity contribution in [3.8, 4) is 0 Å². The number of alkyl halides is 3. The van der Waals surface area contributed by atoms with Crippen LogP contribution in [0.2, 0.25) is 0 Å². The van der Waals surface area contributed by atoms with Gasteiger partial charge < -0.3 is 5.32 Å². The number of piperazine rings is 1. The van der Waals surface area contributed by atoms with Gasteiger partial charge in [0.25, 0.3) is 0 Å². The first-order valence-electron chi connectivity index (χ1n) is 8.00. The van der Waals surface area contributed by atoms with Crippen LogP contribution in [0.4, 0.5) is 13.2 Å². The van der Waals surface area contributed by atoms with Crippen LogP contribution in [0, 0.1) is 0 Å². The lowest BCUT2D eigenvalue weighted by Crippen LogP contribution is -2.70. The van der Waals surface area contributed by atoms with Crippen LogP contribution in [0.5, 0.6) is 0 Å². The van der Waals surface area contributed by atoms with Crippen molar-refractivity contribution in [1.29, 1.82) is 0 Å². The van der Waals surface area contributed by atoms with E-state index >= 15 is 0 Å². The zero-order chi connectivity index (χ0) is 14.3. The number of hydrogen-bond donors (Lipinski definition) is 1. The third-order valence-electron chi connectivity index (χ3n) is 5.67. The lowest BCUT2D eigenvalue weighted by atomic mass is 9.76. The topological polar surface area (TPSA) is 15.3 Å². The fourth-order valence-electron chi connectivity index (χ4n) is 4.58. The normalized spacial score (nSPS) is 30.1. The molecule has 1 N–H and O–H groups in total. The maximum absolute atomic E-state index is 13.0. The predicted molar refractivity (Wildman–Crippen MR) is 72.6 cm³/mol. The largest absolute Gasteiger partial charge is 0.401 e. The Balaban J connectivity index is 1.78. The summed E-state index contributed by atoms with van der Waals surface area (Å²) in [6.45, 7) is 0.617. The Bertz CT molecular complexity index is 342. The van der Waals surface area contributed by atoms with Gasteiger partial charge in [0, 0.05) is 24.2 Å². The van der Waals surface area contributed by atoms with Crippen LogP contribution in [-0.2, 0) is 0 Å². The van der Waals surface area contributed by atoms with Gasteiger partial charge in [-0.15, -0.1) is 0 Å². The van der Waals surface area contributed by atoms with E-state index in [0.717, 1.165) is 57.9 Å². The summed E-state index contributed by atoms with van der Waals surface area (Å²) in [6, 6.07) is 0. The van der Waals surface area contributed by atoms with E-state index in [-0.39, 0.29) is 11.1 Å². The summed E-state index contributed by atoms with van der Waals surface area (Å²) in [6.07, 6.45) is 5.52. The predicted octanol–water partition coefficient (Wildman–Crippen LogP) is 3.47. The van der Waals surface area contributed by atoms with Crippen LogP contribution in [-0.4, -0.2) is 41.8 Å². The van der Waals surface area contributed by atoms with Crippen molar-refractivity contribution in [3.63, 3.8) is 0 Å². The molecule has 0 amide bonds. The molecule has 2 saturated carbocycles. The van der Waals surface area contributed by atoms with Gasteiger partial charge in [0.2, 0.25) is 0 Å². The number of nitrogens with zero attached hydrogens (tertiary/aromatic N) is 1. The van der Waals surface area contributed by atoms with Crippen LogP contribution < -0.4 is 5.32 Å². The molecule has 1 aliphatic heterocycles. The van der Waals surface area contributed by atoms with Crippen molar-refractivity contribution in [2.75, 3.05) is 19.6 Å². The summed E-state index contributed by atoms with van der Waals surface area (Å²) < 4.78 is 38.9. The zero-order valence-corrected chi connectivity index (χ0v) is 12.1. The first-order chi connectivity index (χ1) is 9.43. The molecule has 0 aromatic heterocycles. The van der Waals surface area contributed by atoms with E-state index in [1.807, 2.05) is 0 Å². The smallest absolute Gasteiger partial charge is 0.308 e. The Morgan fingerprint density at radius 1 is 0.900 bits per heavy atom. The molecule has 2 aliphatic carbocycles. The lowest BCUT2D eigenvalue weighted by molar-refractivity contribution is -0.169. The van der Waals surface area contributed by atoms with Crippen LogP contribution in [0.3, 0.4) is 0 Å². The van der Waals surface area contributed by atoms with E-state index < -0.39 is 12.7 Å². The second kappa shape index (κ2) is 5.16. The Morgan fingerprint density at radius 2 is 1.50 bits per heavy atom. The van der Waals surface area contributed by atoms with Crippen molar-refractivity contribution < 1.29 is 13.2 Å². The number of halogens is 3. The molecule has 1 saturated heterocycles. The molecule has 3 rings (SSSR count). The van der Waals surface area contributed by atoms with E-state index in [1.54, 1.807) is 4.90 Å². The highest BCUT2D eigenvalue weighted by molar-refractivity contribution is 5.08. The van der Waals surface area contributed by atoms with Gasteiger partial charge in [0.15, 0.2) is 0 Å². The molecule has 2 spiro atoms. The second-order valence-corrected chi connectivity index (χ2v) is 7.10. The first kappa shape index (κ1) is 14.6. The van der Waals surface area contributed by atoms with Crippen molar-refractivity contribution in [2.45, 2.75) is 75.0 Å². The van der Waals surface area contributed by atoms with Gasteiger partial charge in [-0.3, -0.25) is 4.90 Å². The maximum atomic E-state index is 13.0. The summed E-state index contributed by atoms with van der Waals surface area (Å²) in [5, 5.41) is 3.67. The van der Waals surface area contributed by atoms with Crippen LogP contribution >= 0.6 is 0 Å². The molecule has 0 aromatic rings. The number of rotatable bonds is 1. The van der Waals surface area contributed by atoms with Crippen molar-refractivity contribution in [3.05, 3.63) is 0 Å². The highest BCUT2D eigenvalue weighted by Crippen LogP contribution is 2.42. The van der Waals surface area contributed by atoms with Crippen molar-refractivity contribution in [1.82, 2.24) is 10.2 Å². The summed E-state index contributed by atoms with van der Waals surface area (Å²) in [5.41, 5.74) is -0.268. The molecule has 3 aliphatic rings. The molecular weight excluding hydrogens is 265 g/mol. The highest BCUT2D eigenvalue weighted by Gasteiger charge is 2.51. The van der Waals surface area contributed by atoms with E-state index in [1.165, 1.54) is 6.42 Å². The SMILES string of the molecule is FC(F)(F)CN1CC2(CCCCC2)NCC12CCCC2. The van der Waals surface area contributed by atoms with Gasteiger partial charge in [-0.05, 0) is 25.7 Å². The molecule has 3 fully saturated rings. The molecule has 116 valence electrons. The van der Waals surface area contributed by atoms with Gasteiger partial charge in [-0.1, -0.05) is 32.1 Å². The van der Waals surface area contributed by atoms with E-state index in [9.17, 15) is 13.2 Å². The number of nitrogens with one attached hydrogen (secondary N) is 1. The molecule has 0 atom stereocenters. The van der Waals surface area contributed by atoms with E-state index in [2.05, 4.69) is 5.32 Å². The minimum Gasteiger partial charge on any atom is -0.308 e. The lowest BCUT2D eigenvalue weighted by Gasteiger charge is -2.55. The molecule has 20 heavy (non-hydrogen) atoms.